The molecule has 0 bridgehead atoms. The summed E-state index contributed by atoms with van der Waals surface area (Å²) < 4.78 is 5.09. The molecule has 0 radical (unpaired) electrons. The molecule has 2 aromatic rings. The van der Waals surface area contributed by atoms with Crippen LogP contribution >= 0.6 is 0 Å². The lowest BCUT2D eigenvalue weighted by Crippen LogP contribution is -2.14. The minimum atomic E-state index is -0.00338. The van der Waals surface area contributed by atoms with Gasteiger partial charge in [-0.1, -0.05) is 0 Å². The lowest BCUT2D eigenvalue weighted by atomic mass is 10.2. The largest absolute Gasteiger partial charge is 0.497 e. The molecule has 0 atom stereocenters. The second-order valence-electron chi connectivity index (χ2n) is 3.82. The van der Waals surface area contributed by atoms with Crippen LogP contribution in [-0.4, -0.2) is 26.2 Å². The molecule has 0 aliphatic heterocycles. The highest BCUT2D eigenvalue weighted by Crippen LogP contribution is 2.18. The Labute approximate surface area is 93.5 Å². The van der Waals surface area contributed by atoms with Crippen LogP contribution in [0, 0.1) is 0 Å². The lowest BCUT2D eigenvalue weighted by Gasteiger charge is -2.13. The third-order valence-corrected chi connectivity index (χ3v) is 2.50. The Bertz CT molecular complexity index is 573. The summed E-state index contributed by atoms with van der Waals surface area (Å²) in [4.78, 5) is 16.9. The van der Waals surface area contributed by atoms with Gasteiger partial charge in [-0.05, 0) is 18.2 Å². The van der Waals surface area contributed by atoms with Crippen LogP contribution in [0.4, 0.5) is 5.82 Å². The number of methoxy groups -OCH3 is 1. The molecule has 0 amide bonds. The molecule has 0 fully saturated rings. The van der Waals surface area contributed by atoms with E-state index in [4.69, 9.17) is 4.74 Å². The van der Waals surface area contributed by atoms with Crippen molar-refractivity contribution in [1.82, 2.24) is 4.98 Å². The van der Waals surface area contributed by atoms with E-state index in [0.717, 1.165) is 11.3 Å². The maximum absolute atomic E-state index is 11.9. The van der Waals surface area contributed by atoms with E-state index in [-0.39, 0.29) is 5.43 Å². The highest BCUT2D eigenvalue weighted by Gasteiger charge is 2.04. The normalized spacial score (nSPS) is 10.4. The van der Waals surface area contributed by atoms with E-state index in [1.807, 2.05) is 31.1 Å². The first-order chi connectivity index (χ1) is 7.61. The van der Waals surface area contributed by atoms with Gasteiger partial charge in [0.15, 0.2) is 5.43 Å². The summed E-state index contributed by atoms with van der Waals surface area (Å²) >= 11 is 0. The van der Waals surface area contributed by atoms with Gasteiger partial charge in [0.1, 0.15) is 11.6 Å². The second kappa shape index (κ2) is 3.89. The van der Waals surface area contributed by atoms with Gasteiger partial charge in [-0.15, -0.1) is 0 Å². The molecule has 2 rings (SSSR count). The smallest absolute Gasteiger partial charge is 0.191 e. The summed E-state index contributed by atoms with van der Waals surface area (Å²) in [7, 11) is 5.37. The molecule has 1 N–H and O–H groups in total. The van der Waals surface area contributed by atoms with Crippen LogP contribution in [0.5, 0.6) is 5.75 Å². The Morgan fingerprint density at radius 2 is 2.00 bits per heavy atom. The fourth-order valence-electron chi connectivity index (χ4n) is 1.58. The maximum atomic E-state index is 11.9. The van der Waals surface area contributed by atoms with Crippen molar-refractivity contribution >= 4 is 16.7 Å². The van der Waals surface area contributed by atoms with Gasteiger partial charge in [0.25, 0.3) is 0 Å². The zero-order valence-electron chi connectivity index (χ0n) is 9.57. The Balaban J connectivity index is 2.71. The van der Waals surface area contributed by atoms with E-state index in [9.17, 15) is 4.79 Å². The molecule has 16 heavy (non-hydrogen) atoms. The van der Waals surface area contributed by atoms with Gasteiger partial charge in [-0.25, -0.2) is 0 Å². The number of H-pyrrole nitrogens is 1. The number of nitrogens with one attached hydrogen (secondary N) is 1. The van der Waals surface area contributed by atoms with Crippen molar-refractivity contribution in [3.05, 3.63) is 34.5 Å². The van der Waals surface area contributed by atoms with Crippen molar-refractivity contribution in [2.75, 3.05) is 26.1 Å². The van der Waals surface area contributed by atoms with E-state index in [1.165, 1.54) is 0 Å². The molecule has 4 heteroatoms. The van der Waals surface area contributed by atoms with Crippen LogP contribution in [0.15, 0.2) is 29.1 Å². The molecular formula is C12H14N2O2. The number of hydrogen-bond acceptors (Lipinski definition) is 3. The summed E-state index contributed by atoms with van der Waals surface area (Å²) in [6.45, 7) is 0. The number of aromatic nitrogens is 1. The molecule has 0 aliphatic carbocycles. The number of pyridine rings is 1. The van der Waals surface area contributed by atoms with Gasteiger partial charge in [-0.3, -0.25) is 4.79 Å². The first kappa shape index (κ1) is 10.5. The van der Waals surface area contributed by atoms with Crippen molar-refractivity contribution in [1.29, 1.82) is 0 Å². The van der Waals surface area contributed by atoms with Crippen molar-refractivity contribution < 1.29 is 4.74 Å². The minimum Gasteiger partial charge on any atom is -0.497 e. The fraction of sp³-hybridized carbons (Fsp3) is 0.250. The average Bonchev–Trinajstić information content (AvgIpc) is 2.28. The topological polar surface area (TPSA) is 45.3 Å². The Morgan fingerprint density at radius 1 is 1.25 bits per heavy atom. The first-order valence-electron chi connectivity index (χ1n) is 5.00. The van der Waals surface area contributed by atoms with Gasteiger partial charge in [0.05, 0.1) is 12.6 Å². The molecule has 0 saturated heterocycles. The molecule has 84 valence electrons. The van der Waals surface area contributed by atoms with Crippen LogP contribution in [-0.2, 0) is 0 Å². The van der Waals surface area contributed by atoms with Gasteiger partial charge in [0, 0.05) is 25.5 Å². The van der Waals surface area contributed by atoms with E-state index in [1.54, 1.807) is 19.2 Å². The molecule has 0 unspecified atom stereocenters. The summed E-state index contributed by atoms with van der Waals surface area (Å²) in [5.74, 6) is 1.48. The molecule has 1 aromatic heterocycles. The van der Waals surface area contributed by atoms with E-state index >= 15 is 0 Å². The van der Waals surface area contributed by atoms with Crippen LogP contribution in [0.1, 0.15) is 0 Å². The number of ether oxygens (including phenoxy) is 1. The van der Waals surface area contributed by atoms with Crippen molar-refractivity contribution in [2.24, 2.45) is 0 Å². The van der Waals surface area contributed by atoms with Crippen LogP contribution in [0.2, 0.25) is 0 Å². The zero-order chi connectivity index (χ0) is 11.7. The number of anilines is 1. The summed E-state index contributed by atoms with van der Waals surface area (Å²) in [5.41, 5.74) is 0.813. The number of benzene rings is 1. The predicted molar refractivity (Wildman–Crippen MR) is 65.4 cm³/mol. The molecule has 0 saturated carbocycles. The SMILES string of the molecule is COc1ccc2[nH]c(N(C)C)cc(=O)c2c1. The molecule has 1 aromatic carbocycles. The average molecular weight is 218 g/mol. The number of fused-ring (bicyclic) bond motifs is 1. The van der Waals surface area contributed by atoms with Crippen molar-refractivity contribution in [2.45, 2.75) is 0 Å². The molecule has 1 heterocycles. The zero-order valence-corrected chi connectivity index (χ0v) is 9.57. The Hall–Kier alpha value is -1.97. The molecule has 4 nitrogen and oxygen atoms in total. The third kappa shape index (κ3) is 1.74. The van der Waals surface area contributed by atoms with Gasteiger partial charge >= 0.3 is 0 Å². The van der Waals surface area contributed by atoms with Crippen molar-refractivity contribution in [3.63, 3.8) is 0 Å². The van der Waals surface area contributed by atoms with Gasteiger partial charge in [0.2, 0.25) is 0 Å². The Kier molecular flexibility index (Phi) is 2.56. The Morgan fingerprint density at radius 3 is 2.62 bits per heavy atom. The van der Waals surface area contributed by atoms with Gasteiger partial charge < -0.3 is 14.6 Å². The summed E-state index contributed by atoms with van der Waals surface area (Å²) in [6.07, 6.45) is 0. The quantitative estimate of drug-likeness (QED) is 0.832. The predicted octanol–water partition coefficient (Wildman–Crippen LogP) is 1.60. The van der Waals surface area contributed by atoms with Gasteiger partial charge in [-0.2, -0.15) is 0 Å². The first-order valence-corrected chi connectivity index (χ1v) is 5.00. The second-order valence-corrected chi connectivity index (χ2v) is 3.82. The standard InChI is InChI=1S/C12H14N2O2/c1-14(2)12-7-11(15)9-6-8(16-3)4-5-10(9)13-12/h4-7H,1-3H3,(H,13,15). The van der Waals surface area contributed by atoms with Crippen LogP contribution in [0.3, 0.4) is 0 Å². The third-order valence-electron chi connectivity index (χ3n) is 2.50. The monoisotopic (exact) mass is 218 g/mol. The molecular weight excluding hydrogens is 204 g/mol. The van der Waals surface area contributed by atoms with E-state index < -0.39 is 0 Å². The van der Waals surface area contributed by atoms with E-state index in [0.29, 0.717) is 11.1 Å². The molecule has 0 aliphatic rings. The number of rotatable bonds is 2. The molecule has 0 spiro atoms. The van der Waals surface area contributed by atoms with Crippen molar-refractivity contribution in [3.8, 4) is 5.75 Å². The summed E-state index contributed by atoms with van der Waals surface area (Å²) in [6, 6.07) is 7.01. The highest BCUT2D eigenvalue weighted by molar-refractivity contribution is 5.81. The maximum Gasteiger partial charge on any atom is 0.191 e. The number of nitrogens with zero attached hydrogens (tertiary/aromatic N) is 1. The van der Waals surface area contributed by atoms with E-state index in [2.05, 4.69) is 4.98 Å². The number of aromatic amines is 1. The lowest BCUT2D eigenvalue weighted by molar-refractivity contribution is 0.415. The highest BCUT2D eigenvalue weighted by atomic mass is 16.5. The summed E-state index contributed by atoms with van der Waals surface area (Å²) in [5, 5.41) is 0.643. The fourth-order valence-corrected chi connectivity index (χ4v) is 1.58. The number of hydrogen-bond donors (Lipinski definition) is 1. The van der Waals surface area contributed by atoms with Crippen LogP contribution < -0.4 is 15.1 Å². The van der Waals surface area contributed by atoms with Crippen LogP contribution in [0.25, 0.3) is 10.9 Å². The minimum absolute atomic E-state index is 0.00338.